The smallest absolute Gasteiger partial charge is 0.338 e. The summed E-state index contributed by atoms with van der Waals surface area (Å²) in [5, 5.41) is 5.33. The van der Waals surface area contributed by atoms with E-state index in [0.717, 1.165) is 15.7 Å². The van der Waals surface area contributed by atoms with Gasteiger partial charge in [0.2, 0.25) is 0 Å². The third-order valence-corrected chi connectivity index (χ3v) is 6.39. The molecule has 39 heavy (non-hydrogen) atoms. The highest BCUT2D eigenvalue weighted by molar-refractivity contribution is 7.19. The third-order valence-electron chi connectivity index (χ3n) is 5.35. The van der Waals surface area contributed by atoms with Crippen molar-refractivity contribution in [1.29, 1.82) is 0 Å². The van der Waals surface area contributed by atoms with E-state index < -0.39 is 29.3 Å². The van der Waals surface area contributed by atoms with E-state index in [1.165, 1.54) is 42.5 Å². The molecule has 0 spiro atoms. The molecule has 2 aromatic heterocycles. The summed E-state index contributed by atoms with van der Waals surface area (Å²) in [6.45, 7) is 5.43. The van der Waals surface area contributed by atoms with Gasteiger partial charge in [-0.3, -0.25) is 14.4 Å². The number of esters is 2. The molecule has 2 N–H and O–H groups in total. The van der Waals surface area contributed by atoms with Crippen LogP contribution in [0.3, 0.4) is 0 Å². The molecule has 12 heteroatoms. The number of thiazole rings is 1. The van der Waals surface area contributed by atoms with Crippen LogP contribution < -0.4 is 16.2 Å². The third kappa shape index (κ3) is 6.02. The zero-order valence-corrected chi connectivity index (χ0v) is 22.1. The zero-order valence-electron chi connectivity index (χ0n) is 21.3. The number of hydrogen-bond acceptors (Lipinski definition) is 9. The number of aromatic nitrogens is 2. The Balaban J connectivity index is 1.68. The number of rotatable bonds is 8. The number of aryl methyl sites for hydroxylation is 1. The lowest BCUT2D eigenvalue weighted by Gasteiger charge is -2.09. The maximum absolute atomic E-state index is 13.5. The maximum atomic E-state index is 13.5. The molecule has 0 saturated carbocycles. The maximum Gasteiger partial charge on any atom is 0.338 e. The molecule has 0 radical (unpaired) electrons. The van der Waals surface area contributed by atoms with Crippen LogP contribution in [-0.2, 0) is 9.47 Å². The van der Waals surface area contributed by atoms with Gasteiger partial charge in [0.05, 0.1) is 24.3 Å². The fraction of sp³-hybridized carbons (Fsp3) is 0.185. The molecule has 0 saturated heterocycles. The highest BCUT2D eigenvalue weighted by Crippen LogP contribution is 2.24. The van der Waals surface area contributed by atoms with E-state index in [0.29, 0.717) is 16.9 Å². The van der Waals surface area contributed by atoms with E-state index in [1.54, 1.807) is 32.9 Å². The van der Waals surface area contributed by atoms with Crippen molar-refractivity contribution in [1.82, 2.24) is 9.38 Å². The van der Waals surface area contributed by atoms with Crippen molar-refractivity contribution in [3.05, 3.63) is 92.3 Å². The molecule has 200 valence electrons. The minimum atomic E-state index is -0.752. The predicted molar refractivity (Wildman–Crippen MR) is 145 cm³/mol. The molecule has 2 heterocycles. The largest absolute Gasteiger partial charge is 0.462 e. The number of ether oxygens (including phenoxy) is 2. The molecule has 0 fully saturated rings. The lowest BCUT2D eigenvalue weighted by atomic mass is 10.2. The Morgan fingerprint density at radius 3 is 2.15 bits per heavy atom. The summed E-state index contributed by atoms with van der Waals surface area (Å²) in [5.41, 5.74) is 0.842. The lowest BCUT2D eigenvalue weighted by Crippen LogP contribution is -2.25. The van der Waals surface area contributed by atoms with Crippen molar-refractivity contribution in [2.75, 3.05) is 23.8 Å². The second kappa shape index (κ2) is 11.7. The first-order chi connectivity index (χ1) is 18.7. The van der Waals surface area contributed by atoms with Gasteiger partial charge in [-0.25, -0.2) is 19.0 Å². The minimum absolute atomic E-state index is 0.0567. The summed E-state index contributed by atoms with van der Waals surface area (Å²) in [7, 11) is 0. The minimum Gasteiger partial charge on any atom is -0.462 e. The molecule has 0 unspecified atom stereocenters. The molecule has 2 aromatic carbocycles. The van der Waals surface area contributed by atoms with Crippen LogP contribution in [0.1, 0.15) is 60.4 Å². The molecule has 11 nitrogen and oxygen atoms in total. The molecule has 0 bridgehead atoms. The molecule has 2 amide bonds. The van der Waals surface area contributed by atoms with Crippen molar-refractivity contribution in [3.63, 3.8) is 0 Å². The number of nitrogens with one attached hydrogen (secondary N) is 2. The van der Waals surface area contributed by atoms with E-state index in [2.05, 4.69) is 15.6 Å². The normalized spacial score (nSPS) is 10.6. The number of benzene rings is 2. The molecule has 0 aliphatic heterocycles. The van der Waals surface area contributed by atoms with Crippen LogP contribution in [0.4, 0.5) is 11.4 Å². The Hall–Kier alpha value is -4.84. The van der Waals surface area contributed by atoms with Crippen LogP contribution in [0.25, 0.3) is 4.96 Å². The van der Waals surface area contributed by atoms with Gasteiger partial charge in [0.25, 0.3) is 17.4 Å². The van der Waals surface area contributed by atoms with Gasteiger partial charge in [-0.15, -0.1) is 0 Å². The van der Waals surface area contributed by atoms with Crippen LogP contribution in [0, 0.1) is 6.92 Å². The van der Waals surface area contributed by atoms with Gasteiger partial charge in [0.1, 0.15) is 10.6 Å². The Bertz CT molecular complexity index is 1640. The van der Waals surface area contributed by atoms with Crippen molar-refractivity contribution >= 4 is 51.4 Å². The SMILES string of the molecule is CCOC(=O)c1ccc(NC(=O)c2sc3nc(C)cc(=O)n3c2C(=O)Nc2cccc(C(=O)OCC)c2)cc1. The van der Waals surface area contributed by atoms with Gasteiger partial charge in [0, 0.05) is 23.1 Å². The van der Waals surface area contributed by atoms with Crippen LogP contribution >= 0.6 is 11.3 Å². The highest BCUT2D eigenvalue weighted by atomic mass is 32.1. The van der Waals surface area contributed by atoms with Crippen LogP contribution in [-0.4, -0.2) is 46.4 Å². The van der Waals surface area contributed by atoms with Crippen molar-refractivity contribution in [2.24, 2.45) is 0 Å². The van der Waals surface area contributed by atoms with Crippen molar-refractivity contribution < 1.29 is 28.7 Å². The fourth-order valence-electron chi connectivity index (χ4n) is 3.67. The number of nitrogens with zero attached hydrogens (tertiary/aromatic N) is 2. The standard InChI is InChI=1S/C27H24N4O7S/c1-4-37-25(35)16-9-11-18(12-10-16)29-24(34)22-21(31-20(32)13-15(3)28-27(31)39-22)23(33)30-19-8-6-7-17(14-19)26(36)38-5-2/h6-14H,4-5H2,1-3H3,(H,29,34)(H,30,33). The molecular formula is C27H24N4O7S. The number of carbonyl (C=O) groups is 4. The Labute approximate surface area is 226 Å². The van der Waals surface area contributed by atoms with Gasteiger partial charge < -0.3 is 20.1 Å². The summed E-state index contributed by atoms with van der Waals surface area (Å²) in [4.78, 5) is 68.0. The fourth-order valence-corrected chi connectivity index (χ4v) is 4.73. The van der Waals surface area contributed by atoms with Crippen LogP contribution in [0.2, 0.25) is 0 Å². The first kappa shape index (κ1) is 27.2. The van der Waals surface area contributed by atoms with Gasteiger partial charge in [-0.2, -0.15) is 0 Å². The molecule has 0 atom stereocenters. The number of fused-ring (bicyclic) bond motifs is 1. The van der Waals surface area contributed by atoms with E-state index in [9.17, 15) is 24.0 Å². The van der Waals surface area contributed by atoms with E-state index in [-0.39, 0.29) is 40.0 Å². The average molecular weight is 549 g/mol. The molecule has 0 aliphatic rings. The van der Waals surface area contributed by atoms with Crippen molar-refractivity contribution in [3.8, 4) is 0 Å². The monoisotopic (exact) mass is 548 g/mol. The summed E-state index contributed by atoms with van der Waals surface area (Å²) >= 11 is 0.879. The summed E-state index contributed by atoms with van der Waals surface area (Å²) in [6, 6.07) is 13.4. The number of hydrogen-bond donors (Lipinski definition) is 2. The topological polar surface area (TPSA) is 145 Å². The molecule has 0 aliphatic carbocycles. The van der Waals surface area contributed by atoms with Crippen LogP contribution in [0.5, 0.6) is 0 Å². The Morgan fingerprint density at radius 1 is 0.846 bits per heavy atom. The van der Waals surface area contributed by atoms with E-state index in [1.807, 2.05) is 0 Å². The average Bonchev–Trinajstić information content (AvgIpc) is 3.30. The summed E-state index contributed by atoms with van der Waals surface area (Å²) in [5.74, 6) is -2.46. The molecular weight excluding hydrogens is 524 g/mol. The van der Waals surface area contributed by atoms with Crippen LogP contribution in [0.15, 0.2) is 59.4 Å². The first-order valence-corrected chi connectivity index (χ1v) is 12.7. The summed E-state index contributed by atoms with van der Waals surface area (Å²) in [6.07, 6.45) is 0. The zero-order chi connectivity index (χ0) is 28.1. The van der Waals surface area contributed by atoms with E-state index >= 15 is 0 Å². The number of carbonyl (C=O) groups excluding carboxylic acids is 4. The summed E-state index contributed by atoms with van der Waals surface area (Å²) < 4.78 is 11.0. The number of amides is 2. The molecule has 4 aromatic rings. The van der Waals surface area contributed by atoms with Gasteiger partial charge in [-0.05, 0) is 63.2 Å². The lowest BCUT2D eigenvalue weighted by molar-refractivity contribution is 0.0517. The Kier molecular flexibility index (Phi) is 8.15. The quantitative estimate of drug-likeness (QED) is 0.315. The van der Waals surface area contributed by atoms with Crippen molar-refractivity contribution in [2.45, 2.75) is 20.8 Å². The first-order valence-electron chi connectivity index (χ1n) is 11.9. The second-order valence-electron chi connectivity index (χ2n) is 8.14. The molecule has 4 rings (SSSR count). The predicted octanol–water partition coefficient (Wildman–Crippen LogP) is 3.92. The second-order valence-corrected chi connectivity index (χ2v) is 9.12. The highest BCUT2D eigenvalue weighted by Gasteiger charge is 2.26. The number of anilines is 2. The van der Waals surface area contributed by atoms with Gasteiger partial charge in [-0.1, -0.05) is 17.4 Å². The van der Waals surface area contributed by atoms with Gasteiger partial charge >= 0.3 is 11.9 Å². The Morgan fingerprint density at radius 2 is 1.49 bits per heavy atom. The van der Waals surface area contributed by atoms with E-state index in [4.69, 9.17) is 9.47 Å². The van der Waals surface area contributed by atoms with Gasteiger partial charge in [0.15, 0.2) is 4.96 Å².